The van der Waals surface area contributed by atoms with Gasteiger partial charge in [-0.15, -0.1) is 11.3 Å². The van der Waals surface area contributed by atoms with Crippen LogP contribution in [0.1, 0.15) is 57.1 Å². The van der Waals surface area contributed by atoms with Gasteiger partial charge in [0, 0.05) is 36.5 Å². The molecule has 14 rings (SSSR count). The van der Waals surface area contributed by atoms with E-state index in [1.165, 1.54) is 58.1 Å². The lowest BCUT2D eigenvalue weighted by atomic mass is 10.0. The first-order valence-electron chi connectivity index (χ1n) is 23.0. The molecule has 0 radical (unpaired) electrons. The third kappa shape index (κ3) is 12.2. The molecule has 0 N–H and O–H groups in total. The number of thiophene rings is 1. The SMILES string of the molecule is CC1C=Cc2ccccc21.Cc1coc2ccccc12.Cc1csc2ccccc12.Cc1noc2ccccc12.Cc1nsc2ccccc12.Cc1onc2ccccc12.Cc1snc2ccccc12. The Morgan fingerprint density at radius 3 is 1.74 bits per heavy atom. The molecule has 1 aliphatic rings. The molecule has 0 amide bonds. The monoisotopic (exact) mass is 974 g/mol. The van der Waals surface area contributed by atoms with Gasteiger partial charge < -0.3 is 13.5 Å². The number of allylic oxidation sites excluding steroid dienone is 1. The van der Waals surface area contributed by atoms with E-state index in [0.717, 1.165) is 50.1 Å². The second kappa shape index (κ2) is 23.7. The van der Waals surface area contributed by atoms with Crippen LogP contribution in [-0.2, 0) is 0 Å². The summed E-state index contributed by atoms with van der Waals surface area (Å²) in [7, 11) is 0. The van der Waals surface area contributed by atoms with Gasteiger partial charge >= 0.3 is 0 Å². The van der Waals surface area contributed by atoms with E-state index in [1.807, 2.05) is 136 Å². The predicted octanol–water partition coefficient (Wildman–Crippen LogP) is 18.2. The van der Waals surface area contributed by atoms with Gasteiger partial charge in [0.1, 0.15) is 16.9 Å². The van der Waals surface area contributed by atoms with Gasteiger partial charge in [0.05, 0.1) is 27.9 Å². The van der Waals surface area contributed by atoms with Gasteiger partial charge in [0.25, 0.3) is 0 Å². The first-order chi connectivity index (χ1) is 34.1. The standard InChI is InChI=1S/C10H10.C9H8O.C9H8S.2C8H7NO.2C8H7NS/c1-8-6-7-9-4-2-3-5-10(8)9;2*1-7-6-10-9-5-3-2-4-8(7)9;1-6-7-4-2-3-5-8(7)9-10-6;1-6-7-4-2-3-5-8(7)10-9-6;1-6-7-4-2-3-5-8(7)9-10-6;1-6-7-4-2-3-5-8(7)10-9-6/h2-8H,1H3;2*2-6H,1H3;4*2-5H,1H3. The minimum Gasteiger partial charge on any atom is -0.464 e. The average Bonchev–Trinajstić information content (AvgIpc) is 4.32. The molecule has 0 aliphatic heterocycles. The number of para-hydroxylation sites is 2. The van der Waals surface area contributed by atoms with Crippen molar-refractivity contribution in [3.63, 3.8) is 0 Å². The summed E-state index contributed by atoms with van der Waals surface area (Å²) in [5, 5.41) is 17.2. The number of furan rings is 1. The van der Waals surface area contributed by atoms with Crippen molar-refractivity contribution in [2.75, 3.05) is 0 Å². The highest BCUT2D eigenvalue weighted by Crippen LogP contribution is 2.29. The summed E-state index contributed by atoms with van der Waals surface area (Å²) in [6, 6.07) is 57.3. The smallest absolute Gasteiger partial charge is 0.167 e. The Morgan fingerprint density at radius 1 is 0.457 bits per heavy atom. The summed E-state index contributed by atoms with van der Waals surface area (Å²) < 4.78 is 26.4. The summed E-state index contributed by atoms with van der Waals surface area (Å²) in [5.74, 6) is 1.51. The Hall–Kier alpha value is -7.50. The zero-order valence-corrected chi connectivity index (χ0v) is 42.7. The third-order valence-electron chi connectivity index (χ3n) is 11.6. The van der Waals surface area contributed by atoms with Crippen LogP contribution in [0.15, 0.2) is 201 Å². The Balaban J connectivity index is 0.000000110. The van der Waals surface area contributed by atoms with Crippen LogP contribution in [-0.4, -0.2) is 19.1 Å². The third-order valence-corrected chi connectivity index (χ3v) is 14.4. The highest BCUT2D eigenvalue weighted by Gasteiger charge is 2.10. The first-order valence-corrected chi connectivity index (χ1v) is 25.4. The molecule has 10 heteroatoms. The van der Waals surface area contributed by atoms with Crippen molar-refractivity contribution < 1.29 is 13.5 Å². The molecule has 0 saturated carbocycles. The molecule has 0 bridgehead atoms. The fourth-order valence-electron chi connectivity index (χ4n) is 7.71. The van der Waals surface area contributed by atoms with Crippen LogP contribution in [0, 0.1) is 41.5 Å². The molecule has 350 valence electrons. The number of rotatable bonds is 0. The van der Waals surface area contributed by atoms with Crippen LogP contribution in [0.2, 0.25) is 0 Å². The molecule has 7 nitrogen and oxygen atoms in total. The molecular weight excluding hydrogens is 921 g/mol. The number of fused-ring (bicyclic) bond motifs is 7. The van der Waals surface area contributed by atoms with E-state index < -0.39 is 0 Å². The molecule has 7 aromatic carbocycles. The molecular formula is C60H54N4O3S3. The summed E-state index contributed by atoms with van der Waals surface area (Å²) in [6.45, 7) is 14.4. The van der Waals surface area contributed by atoms with Crippen LogP contribution in [0.25, 0.3) is 70.0 Å². The van der Waals surface area contributed by atoms with Gasteiger partial charge in [-0.05, 0) is 152 Å². The van der Waals surface area contributed by atoms with Crippen LogP contribution < -0.4 is 0 Å². The quantitative estimate of drug-likeness (QED) is 0.149. The number of nitrogens with zero attached hydrogens (tertiary/aromatic N) is 4. The largest absolute Gasteiger partial charge is 0.464 e. The highest BCUT2D eigenvalue weighted by atomic mass is 32.1. The Bertz CT molecular complexity index is 3200. The predicted molar refractivity (Wildman–Crippen MR) is 298 cm³/mol. The van der Waals surface area contributed by atoms with E-state index in [4.69, 9.17) is 13.5 Å². The van der Waals surface area contributed by atoms with Crippen molar-refractivity contribution in [2.24, 2.45) is 0 Å². The summed E-state index contributed by atoms with van der Waals surface area (Å²) in [5.41, 5.74) is 11.4. The number of aromatic nitrogens is 4. The van der Waals surface area contributed by atoms with Crippen LogP contribution in [0.5, 0.6) is 0 Å². The van der Waals surface area contributed by atoms with Gasteiger partial charge in [0.2, 0.25) is 0 Å². The Labute approximate surface area is 420 Å². The maximum absolute atomic E-state index is 5.25. The lowest BCUT2D eigenvalue weighted by Gasteiger charge is -2.01. The number of benzene rings is 7. The molecule has 0 fully saturated rings. The van der Waals surface area contributed by atoms with E-state index >= 15 is 0 Å². The number of hydrogen-bond donors (Lipinski definition) is 0. The summed E-state index contributed by atoms with van der Waals surface area (Å²) in [6.07, 6.45) is 6.22. The van der Waals surface area contributed by atoms with Gasteiger partial charge in [-0.3, -0.25) is 0 Å². The summed E-state index contributed by atoms with van der Waals surface area (Å²) in [4.78, 5) is 1.30. The highest BCUT2D eigenvalue weighted by molar-refractivity contribution is 7.17. The zero-order valence-electron chi connectivity index (χ0n) is 40.3. The molecule has 1 aliphatic carbocycles. The topological polar surface area (TPSA) is 91.0 Å². The molecule has 0 spiro atoms. The average molecular weight is 975 g/mol. The molecule has 6 heterocycles. The zero-order chi connectivity index (χ0) is 48.8. The fourth-order valence-corrected chi connectivity index (χ4v) is 10.1. The summed E-state index contributed by atoms with van der Waals surface area (Å²) >= 11 is 4.95. The van der Waals surface area contributed by atoms with Crippen molar-refractivity contribution in [1.82, 2.24) is 19.1 Å². The normalized spacial score (nSPS) is 12.0. The lowest BCUT2D eigenvalue weighted by molar-refractivity contribution is 0.405. The van der Waals surface area contributed by atoms with E-state index in [9.17, 15) is 0 Å². The van der Waals surface area contributed by atoms with Crippen LogP contribution >= 0.6 is 34.4 Å². The minimum atomic E-state index is 0.621. The van der Waals surface area contributed by atoms with Crippen LogP contribution in [0.3, 0.4) is 0 Å². The molecule has 6 aromatic heterocycles. The second-order valence-corrected chi connectivity index (χ2v) is 19.3. The van der Waals surface area contributed by atoms with E-state index in [0.29, 0.717) is 5.92 Å². The molecule has 13 aromatic rings. The van der Waals surface area contributed by atoms with Gasteiger partial charge in [-0.1, -0.05) is 151 Å². The molecule has 1 unspecified atom stereocenters. The number of aryl methyl sites for hydroxylation is 6. The minimum absolute atomic E-state index is 0.621. The molecule has 1 atom stereocenters. The van der Waals surface area contributed by atoms with Crippen molar-refractivity contribution >= 4 is 104 Å². The number of hydrogen-bond acceptors (Lipinski definition) is 10. The fraction of sp³-hybridized carbons (Fsp3) is 0.133. The maximum Gasteiger partial charge on any atom is 0.167 e. The molecule has 0 saturated heterocycles. The maximum atomic E-state index is 5.25. The van der Waals surface area contributed by atoms with Gasteiger partial charge in [-0.25, -0.2) is 0 Å². The van der Waals surface area contributed by atoms with E-state index in [-0.39, 0.29) is 0 Å². The molecule has 70 heavy (non-hydrogen) atoms. The van der Waals surface area contributed by atoms with Crippen molar-refractivity contribution in [2.45, 2.75) is 54.4 Å². The van der Waals surface area contributed by atoms with Gasteiger partial charge in [-0.2, -0.15) is 8.75 Å². The lowest BCUT2D eigenvalue weighted by Crippen LogP contribution is -1.84. The Morgan fingerprint density at radius 2 is 1.06 bits per heavy atom. The van der Waals surface area contributed by atoms with E-state index in [1.54, 1.807) is 29.3 Å². The van der Waals surface area contributed by atoms with Crippen molar-refractivity contribution in [3.05, 3.63) is 232 Å². The Kier molecular flexibility index (Phi) is 16.6. The second-order valence-electron chi connectivity index (χ2n) is 16.6. The van der Waals surface area contributed by atoms with Gasteiger partial charge in [0.15, 0.2) is 5.58 Å². The first kappa shape index (κ1) is 48.9. The van der Waals surface area contributed by atoms with Crippen molar-refractivity contribution in [3.8, 4) is 0 Å². The van der Waals surface area contributed by atoms with Crippen LogP contribution in [0.4, 0.5) is 0 Å². The van der Waals surface area contributed by atoms with E-state index in [2.05, 4.69) is 130 Å². The van der Waals surface area contributed by atoms with Crippen molar-refractivity contribution in [1.29, 1.82) is 0 Å².